The lowest BCUT2D eigenvalue weighted by molar-refractivity contribution is 0.257. The van der Waals surface area contributed by atoms with Crippen molar-refractivity contribution in [1.82, 2.24) is 0 Å². The number of urea groups is 1. The number of fused-ring (bicyclic) bond motifs is 1. The average molecular weight is 335 g/mol. The first-order valence-corrected chi connectivity index (χ1v) is 8.78. The standard InChI is InChI=1S/C16H15ClN2O2S/c1-22(21)14-6-7-15-11(10-14)8-9-19(15)16(20)18-13-4-2-12(17)3-5-13/h2-7,10H,8-9H2,1H3,(H,18,20). The molecule has 0 saturated heterocycles. The number of halogens is 1. The van der Waals surface area contributed by atoms with Gasteiger partial charge in [0.1, 0.15) is 0 Å². The van der Waals surface area contributed by atoms with Gasteiger partial charge in [0.15, 0.2) is 0 Å². The van der Waals surface area contributed by atoms with E-state index in [0.717, 1.165) is 22.6 Å². The number of nitrogens with zero attached hydrogens (tertiary/aromatic N) is 1. The minimum absolute atomic E-state index is 0.175. The molecule has 0 bridgehead atoms. The molecule has 0 spiro atoms. The molecule has 1 N–H and O–H groups in total. The lowest BCUT2D eigenvalue weighted by Crippen LogP contribution is -2.33. The van der Waals surface area contributed by atoms with Gasteiger partial charge in [0, 0.05) is 44.9 Å². The van der Waals surface area contributed by atoms with Gasteiger partial charge in [-0.2, -0.15) is 0 Å². The minimum Gasteiger partial charge on any atom is -0.308 e. The minimum atomic E-state index is -1.01. The summed E-state index contributed by atoms with van der Waals surface area (Å²) in [6.45, 7) is 0.620. The zero-order valence-corrected chi connectivity index (χ0v) is 13.6. The number of benzene rings is 2. The molecular weight excluding hydrogens is 320 g/mol. The predicted octanol–water partition coefficient (Wildman–Crippen LogP) is 3.67. The molecule has 6 heteroatoms. The van der Waals surface area contributed by atoms with Crippen LogP contribution in [0.15, 0.2) is 47.4 Å². The van der Waals surface area contributed by atoms with E-state index >= 15 is 0 Å². The number of hydrogen-bond donors (Lipinski definition) is 1. The van der Waals surface area contributed by atoms with Gasteiger partial charge < -0.3 is 5.32 Å². The maximum atomic E-state index is 12.4. The molecule has 0 saturated carbocycles. The molecule has 2 aromatic carbocycles. The van der Waals surface area contributed by atoms with E-state index in [1.165, 1.54) is 0 Å². The van der Waals surface area contributed by atoms with E-state index < -0.39 is 10.8 Å². The topological polar surface area (TPSA) is 49.4 Å². The Labute approximate surface area is 136 Å². The fourth-order valence-corrected chi connectivity index (χ4v) is 3.19. The number of carbonyl (C=O) groups excluding carboxylic acids is 1. The summed E-state index contributed by atoms with van der Waals surface area (Å²) in [6.07, 6.45) is 2.43. The Morgan fingerprint density at radius 2 is 1.95 bits per heavy atom. The van der Waals surface area contributed by atoms with E-state index in [-0.39, 0.29) is 6.03 Å². The zero-order chi connectivity index (χ0) is 15.7. The number of nitrogens with one attached hydrogen (secondary N) is 1. The quantitative estimate of drug-likeness (QED) is 0.911. The van der Waals surface area contributed by atoms with Gasteiger partial charge in [-0.1, -0.05) is 11.6 Å². The molecule has 0 aromatic heterocycles. The summed E-state index contributed by atoms with van der Waals surface area (Å²) in [5.74, 6) is 0. The molecule has 2 aromatic rings. The largest absolute Gasteiger partial charge is 0.326 e. The fraction of sp³-hybridized carbons (Fsp3) is 0.188. The van der Waals surface area contributed by atoms with E-state index in [1.807, 2.05) is 18.2 Å². The first kappa shape index (κ1) is 15.1. The van der Waals surface area contributed by atoms with Crippen LogP contribution in [0.2, 0.25) is 5.02 Å². The Hall–Kier alpha value is -1.85. The number of rotatable bonds is 2. The molecule has 22 heavy (non-hydrogen) atoms. The Morgan fingerprint density at radius 1 is 1.23 bits per heavy atom. The van der Waals surface area contributed by atoms with Crippen LogP contribution in [0.3, 0.4) is 0 Å². The molecule has 3 rings (SSSR count). The van der Waals surface area contributed by atoms with E-state index in [0.29, 0.717) is 17.3 Å². The molecule has 1 aliphatic rings. The average Bonchev–Trinajstić information content (AvgIpc) is 2.92. The highest BCUT2D eigenvalue weighted by Gasteiger charge is 2.25. The van der Waals surface area contributed by atoms with E-state index in [9.17, 15) is 9.00 Å². The van der Waals surface area contributed by atoms with Crippen molar-refractivity contribution in [3.05, 3.63) is 53.1 Å². The second-order valence-electron chi connectivity index (χ2n) is 5.08. The maximum Gasteiger partial charge on any atom is 0.326 e. The van der Waals surface area contributed by atoms with Gasteiger partial charge in [-0.3, -0.25) is 9.11 Å². The smallest absolute Gasteiger partial charge is 0.308 e. The normalized spacial score (nSPS) is 14.5. The first-order valence-electron chi connectivity index (χ1n) is 6.85. The summed E-state index contributed by atoms with van der Waals surface area (Å²) in [4.78, 5) is 14.9. The lowest BCUT2D eigenvalue weighted by atomic mass is 10.2. The third kappa shape index (κ3) is 3.00. The van der Waals surface area contributed by atoms with Crippen LogP contribution in [0.1, 0.15) is 5.56 Å². The van der Waals surface area contributed by atoms with Crippen molar-refractivity contribution >= 4 is 39.8 Å². The third-order valence-electron chi connectivity index (χ3n) is 3.62. The highest BCUT2D eigenvalue weighted by molar-refractivity contribution is 7.84. The molecule has 1 atom stereocenters. The predicted molar refractivity (Wildman–Crippen MR) is 90.3 cm³/mol. The number of hydrogen-bond acceptors (Lipinski definition) is 2. The second kappa shape index (κ2) is 6.10. The van der Waals surface area contributed by atoms with Crippen molar-refractivity contribution in [3.8, 4) is 0 Å². The first-order chi connectivity index (χ1) is 10.5. The number of carbonyl (C=O) groups is 1. The molecule has 2 amide bonds. The van der Waals surface area contributed by atoms with Crippen molar-refractivity contribution in [2.75, 3.05) is 23.0 Å². The van der Waals surface area contributed by atoms with E-state index in [4.69, 9.17) is 11.6 Å². The van der Waals surface area contributed by atoms with Crippen LogP contribution in [0.5, 0.6) is 0 Å². The molecule has 4 nitrogen and oxygen atoms in total. The van der Waals surface area contributed by atoms with Gasteiger partial charge in [-0.15, -0.1) is 0 Å². The Kier molecular flexibility index (Phi) is 4.18. The van der Waals surface area contributed by atoms with E-state index in [1.54, 1.807) is 35.4 Å². The monoisotopic (exact) mass is 334 g/mol. The van der Waals surface area contributed by atoms with Gasteiger partial charge in [-0.25, -0.2) is 4.79 Å². The molecule has 0 aliphatic carbocycles. The van der Waals surface area contributed by atoms with Crippen molar-refractivity contribution in [2.24, 2.45) is 0 Å². The van der Waals surface area contributed by atoms with Crippen LogP contribution in [0.25, 0.3) is 0 Å². The van der Waals surface area contributed by atoms with E-state index in [2.05, 4.69) is 5.32 Å². The Bertz CT molecular complexity index is 746. The SMILES string of the molecule is CS(=O)c1ccc2c(c1)CCN2C(=O)Nc1ccc(Cl)cc1. The molecule has 1 unspecified atom stereocenters. The highest BCUT2D eigenvalue weighted by atomic mass is 35.5. The number of anilines is 2. The van der Waals surface area contributed by atoms with Gasteiger partial charge >= 0.3 is 6.03 Å². The van der Waals surface area contributed by atoms with Crippen LogP contribution < -0.4 is 10.2 Å². The Morgan fingerprint density at radius 3 is 2.64 bits per heavy atom. The summed E-state index contributed by atoms with van der Waals surface area (Å²) < 4.78 is 11.5. The van der Waals surface area contributed by atoms with Gasteiger partial charge in [0.25, 0.3) is 0 Å². The molecular formula is C16H15ClN2O2S. The maximum absolute atomic E-state index is 12.4. The summed E-state index contributed by atoms with van der Waals surface area (Å²) in [5.41, 5.74) is 2.63. The molecule has 1 heterocycles. The molecule has 114 valence electrons. The van der Waals surface area contributed by atoms with Crippen LogP contribution in [0.4, 0.5) is 16.2 Å². The third-order valence-corrected chi connectivity index (χ3v) is 4.79. The summed E-state index contributed by atoms with van der Waals surface area (Å²) >= 11 is 5.83. The van der Waals surface area contributed by atoms with Crippen LogP contribution in [0, 0.1) is 0 Å². The molecule has 1 aliphatic heterocycles. The summed E-state index contributed by atoms with van der Waals surface area (Å²) in [7, 11) is -1.01. The van der Waals surface area contributed by atoms with Crippen molar-refractivity contribution < 1.29 is 9.00 Å². The van der Waals surface area contributed by atoms with Gasteiger partial charge in [0.2, 0.25) is 0 Å². The zero-order valence-electron chi connectivity index (χ0n) is 12.0. The fourth-order valence-electron chi connectivity index (χ4n) is 2.49. The van der Waals surface area contributed by atoms with Crippen molar-refractivity contribution in [1.29, 1.82) is 0 Å². The highest BCUT2D eigenvalue weighted by Crippen LogP contribution is 2.30. The Balaban J connectivity index is 1.79. The van der Waals surface area contributed by atoms with Gasteiger partial charge in [-0.05, 0) is 54.4 Å². The van der Waals surface area contributed by atoms with Crippen LogP contribution in [-0.2, 0) is 17.2 Å². The number of amides is 2. The molecule has 0 radical (unpaired) electrons. The summed E-state index contributed by atoms with van der Waals surface area (Å²) in [6, 6.07) is 12.4. The van der Waals surface area contributed by atoms with Crippen molar-refractivity contribution in [2.45, 2.75) is 11.3 Å². The van der Waals surface area contributed by atoms with Crippen molar-refractivity contribution in [3.63, 3.8) is 0 Å². The lowest BCUT2D eigenvalue weighted by Gasteiger charge is -2.18. The van der Waals surface area contributed by atoms with Crippen LogP contribution >= 0.6 is 11.6 Å². The van der Waals surface area contributed by atoms with Gasteiger partial charge in [0.05, 0.1) is 0 Å². The second-order valence-corrected chi connectivity index (χ2v) is 6.90. The molecule has 0 fully saturated rings. The van der Waals surface area contributed by atoms with Crippen LogP contribution in [-0.4, -0.2) is 23.0 Å². The summed E-state index contributed by atoms with van der Waals surface area (Å²) in [5, 5.41) is 3.49.